The number of likely N-dealkylation sites (N-methyl/N-ethyl adjacent to an activating group) is 1. The Kier molecular flexibility index (Phi) is 5.35. The normalized spacial score (nSPS) is 21.6. The molecule has 6 heteroatoms. The number of rotatable bonds is 5. The summed E-state index contributed by atoms with van der Waals surface area (Å²) in [6, 6.07) is 6.37. The van der Waals surface area contributed by atoms with Crippen molar-refractivity contribution in [2.45, 2.75) is 25.8 Å². The van der Waals surface area contributed by atoms with E-state index in [9.17, 15) is 12.8 Å². The van der Waals surface area contributed by atoms with E-state index in [1.165, 1.54) is 10.4 Å². The quantitative estimate of drug-likeness (QED) is 0.837. The van der Waals surface area contributed by atoms with Gasteiger partial charge in [-0.15, -0.1) is 0 Å². The molecule has 2 rings (SSSR count). The molecule has 1 saturated heterocycles. The lowest BCUT2D eigenvalue weighted by molar-refractivity contribution is 0.145. The summed E-state index contributed by atoms with van der Waals surface area (Å²) in [6.07, 6.45) is 1.52. The third-order valence-corrected chi connectivity index (χ3v) is 5.95. The number of benzene rings is 1. The molecule has 1 aliphatic rings. The molecule has 21 heavy (non-hydrogen) atoms. The number of hydrogen-bond donors (Lipinski definition) is 0. The average molecular weight is 314 g/mol. The maximum Gasteiger partial charge on any atom is 0.214 e. The monoisotopic (exact) mass is 314 g/mol. The topological polar surface area (TPSA) is 40.6 Å². The molecule has 0 amide bonds. The first-order valence-corrected chi connectivity index (χ1v) is 8.99. The Labute approximate surface area is 126 Å². The molecule has 1 unspecified atom stereocenters. The van der Waals surface area contributed by atoms with Crippen LogP contribution in [0.5, 0.6) is 0 Å². The molecule has 0 aromatic heterocycles. The van der Waals surface area contributed by atoms with Gasteiger partial charge in [0.25, 0.3) is 0 Å². The predicted molar refractivity (Wildman–Crippen MR) is 82.0 cm³/mol. The summed E-state index contributed by atoms with van der Waals surface area (Å²) in [5.41, 5.74) is 0.565. The molecule has 0 aliphatic carbocycles. The fourth-order valence-corrected chi connectivity index (χ4v) is 4.28. The van der Waals surface area contributed by atoms with Gasteiger partial charge in [-0.1, -0.05) is 31.5 Å². The molecule has 1 aromatic rings. The van der Waals surface area contributed by atoms with Crippen LogP contribution in [0.3, 0.4) is 0 Å². The van der Waals surface area contributed by atoms with Gasteiger partial charge in [0.1, 0.15) is 5.82 Å². The Bertz CT molecular complexity index is 577. The summed E-state index contributed by atoms with van der Waals surface area (Å²) in [4.78, 5) is 2.02. The Morgan fingerprint density at radius 3 is 2.67 bits per heavy atom. The van der Waals surface area contributed by atoms with Crippen molar-refractivity contribution in [3.8, 4) is 0 Å². The number of piperazine rings is 1. The Morgan fingerprint density at radius 1 is 1.29 bits per heavy atom. The highest BCUT2D eigenvalue weighted by molar-refractivity contribution is 7.89. The first kappa shape index (κ1) is 16.4. The Hall–Kier alpha value is -0.980. The zero-order valence-electron chi connectivity index (χ0n) is 12.6. The first-order valence-electron chi connectivity index (χ1n) is 7.38. The van der Waals surface area contributed by atoms with Crippen LogP contribution >= 0.6 is 0 Å². The molecule has 0 saturated carbocycles. The van der Waals surface area contributed by atoms with Crippen molar-refractivity contribution in [3.63, 3.8) is 0 Å². The summed E-state index contributed by atoms with van der Waals surface area (Å²) in [7, 11) is -1.33. The minimum absolute atomic E-state index is 0.178. The van der Waals surface area contributed by atoms with Crippen molar-refractivity contribution in [1.82, 2.24) is 9.21 Å². The van der Waals surface area contributed by atoms with Gasteiger partial charge < -0.3 is 0 Å². The molecule has 1 aliphatic heterocycles. The van der Waals surface area contributed by atoms with Crippen LogP contribution < -0.4 is 0 Å². The average Bonchev–Trinajstić information content (AvgIpc) is 2.46. The van der Waals surface area contributed by atoms with Gasteiger partial charge in [0.05, 0.1) is 11.8 Å². The summed E-state index contributed by atoms with van der Waals surface area (Å²) in [6.45, 7) is 3.39. The molecular formula is C15H23FN2O2S. The van der Waals surface area contributed by atoms with Crippen molar-refractivity contribution in [3.05, 3.63) is 35.6 Å². The lowest BCUT2D eigenvalue weighted by Crippen LogP contribution is -2.49. The summed E-state index contributed by atoms with van der Waals surface area (Å²) in [5.74, 6) is -0.0980. The van der Waals surface area contributed by atoms with Crippen molar-refractivity contribution >= 4 is 10.0 Å². The van der Waals surface area contributed by atoms with Crippen LogP contribution in [-0.2, 0) is 10.0 Å². The first-order chi connectivity index (χ1) is 9.95. The third kappa shape index (κ3) is 3.81. The second-order valence-electron chi connectivity index (χ2n) is 5.55. The molecular weight excluding hydrogens is 291 g/mol. The lowest BCUT2D eigenvalue weighted by atomic mass is 10.0. The SMILES string of the molecule is CCCCS(=O)(=O)N1CCN(C)C(c2ccccc2F)C1. The summed E-state index contributed by atoms with van der Waals surface area (Å²) >= 11 is 0. The van der Waals surface area contributed by atoms with Gasteiger partial charge in [-0.25, -0.2) is 12.8 Å². The van der Waals surface area contributed by atoms with Crippen molar-refractivity contribution in [2.24, 2.45) is 0 Å². The van der Waals surface area contributed by atoms with Crippen molar-refractivity contribution < 1.29 is 12.8 Å². The number of sulfonamides is 1. The lowest BCUT2D eigenvalue weighted by Gasteiger charge is -2.39. The third-order valence-electron chi connectivity index (χ3n) is 4.02. The van der Waals surface area contributed by atoms with Crippen LogP contribution in [0.4, 0.5) is 4.39 Å². The van der Waals surface area contributed by atoms with Gasteiger partial charge in [0, 0.05) is 25.2 Å². The molecule has 1 aromatic carbocycles. The second-order valence-corrected chi connectivity index (χ2v) is 7.63. The highest BCUT2D eigenvalue weighted by Gasteiger charge is 2.33. The molecule has 1 fully saturated rings. The van der Waals surface area contributed by atoms with Gasteiger partial charge in [-0.05, 0) is 19.5 Å². The maximum atomic E-state index is 14.0. The molecule has 0 radical (unpaired) electrons. The Balaban J connectivity index is 2.19. The number of halogens is 1. The summed E-state index contributed by atoms with van der Waals surface area (Å²) < 4.78 is 40.1. The highest BCUT2D eigenvalue weighted by Crippen LogP contribution is 2.27. The van der Waals surface area contributed by atoms with E-state index in [0.717, 1.165) is 6.42 Å². The van der Waals surface area contributed by atoms with E-state index in [-0.39, 0.29) is 17.6 Å². The number of unbranched alkanes of at least 4 members (excludes halogenated alkanes) is 1. The van der Waals surface area contributed by atoms with Gasteiger partial charge in [0.15, 0.2) is 0 Å². The van der Waals surface area contributed by atoms with E-state index in [1.807, 2.05) is 18.9 Å². The molecule has 4 nitrogen and oxygen atoms in total. The molecule has 0 bridgehead atoms. The molecule has 1 heterocycles. The predicted octanol–water partition coefficient (Wildman–Crippen LogP) is 2.24. The highest BCUT2D eigenvalue weighted by atomic mass is 32.2. The van der Waals surface area contributed by atoms with Crippen LogP contribution in [0.25, 0.3) is 0 Å². The minimum Gasteiger partial charge on any atom is -0.297 e. The van der Waals surface area contributed by atoms with Gasteiger partial charge in [-0.2, -0.15) is 4.31 Å². The second kappa shape index (κ2) is 6.85. The summed E-state index contributed by atoms with van der Waals surface area (Å²) in [5, 5.41) is 0. The largest absolute Gasteiger partial charge is 0.297 e. The van der Waals surface area contributed by atoms with Crippen LogP contribution in [0, 0.1) is 5.82 Å². The fraction of sp³-hybridized carbons (Fsp3) is 0.600. The van der Waals surface area contributed by atoms with E-state index in [0.29, 0.717) is 31.6 Å². The van der Waals surface area contributed by atoms with E-state index < -0.39 is 10.0 Å². The zero-order chi connectivity index (χ0) is 15.5. The van der Waals surface area contributed by atoms with E-state index in [2.05, 4.69) is 0 Å². The number of hydrogen-bond acceptors (Lipinski definition) is 3. The van der Waals surface area contributed by atoms with Crippen LogP contribution in [0.2, 0.25) is 0 Å². The van der Waals surface area contributed by atoms with Crippen molar-refractivity contribution in [1.29, 1.82) is 0 Å². The molecule has 118 valence electrons. The maximum absolute atomic E-state index is 14.0. The minimum atomic E-state index is -3.24. The number of nitrogens with zero attached hydrogens (tertiary/aromatic N) is 2. The molecule has 1 atom stereocenters. The zero-order valence-corrected chi connectivity index (χ0v) is 13.4. The fourth-order valence-electron chi connectivity index (χ4n) is 2.64. The standard InChI is InChI=1S/C15H23FN2O2S/c1-3-4-11-21(19,20)18-10-9-17(2)15(12-18)13-7-5-6-8-14(13)16/h5-8,15H,3-4,9-12H2,1-2H3. The molecule has 0 spiro atoms. The van der Waals surface area contributed by atoms with Crippen LogP contribution in [0.15, 0.2) is 24.3 Å². The van der Waals surface area contributed by atoms with Crippen LogP contribution in [0.1, 0.15) is 31.4 Å². The van der Waals surface area contributed by atoms with Crippen molar-refractivity contribution in [2.75, 3.05) is 32.4 Å². The van der Waals surface area contributed by atoms with Gasteiger partial charge >= 0.3 is 0 Å². The van der Waals surface area contributed by atoms with Gasteiger partial charge in [0.2, 0.25) is 10.0 Å². The van der Waals surface area contributed by atoms with E-state index in [4.69, 9.17) is 0 Å². The van der Waals surface area contributed by atoms with E-state index in [1.54, 1.807) is 18.2 Å². The van der Waals surface area contributed by atoms with E-state index >= 15 is 0 Å². The molecule has 0 N–H and O–H groups in total. The van der Waals surface area contributed by atoms with Gasteiger partial charge in [-0.3, -0.25) is 4.90 Å². The Morgan fingerprint density at radius 2 is 2.00 bits per heavy atom. The smallest absolute Gasteiger partial charge is 0.214 e. The van der Waals surface area contributed by atoms with Crippen LogP contribution in [-0.4, -0.2) is 50.1 Å².